The van der Waals surface area contributed by atoms with Crippen LogP contribution in [0.5, 0.6) is 0 Å². The number of hydrogen-bond acceptors (Lipinski definition) is 1. The molecule has 1 aromatic carbocycles. The number of halogens is 1. The lowest BCUT2D eigenvalue weighted by atomic mass is 9.73. The molecule has 2 rings (SSSR count). The monoisotopic (exact) mass is 221 g/mol. The van der Waals surface area contributed by atoms with E-state index in [1.807, 2.05) is 13.1 Å². The number of nitrogens with one attached hydrogen (secondary N) is 1. The fraction of sp³-hybridized carbons (Fsp3) is 0.571. The molecule has 0 heterocycles. The quantitative estimate of drug-likeness (QED) is 0.808. The molecule has 0 aromatic heterocycles. The summed E-state index contributed by atoms with van der Waals surface area (Å²) in [6.45, 7) is 4.38. The SMILES string of the molecule is CNC(C)(C)C1CCCc2c(F)cccc21. The van der Waals surface area contributed by atoms with Crippen LogP contribution in [-0.2, 0) is 6.42 Å². The predicted molar refractivity (Wildman–Crippen MR) is 65.2 cm³/mol. The van der Waals surface area contributed by atoms with Crippen LogP contribution in [-0.4, -0.2) is 12.6 Å². The third kappa shape index (κ3) is 1.86. The van der Waals surface area contributed by atoms with Crippen molar-refractivity contribution in [3.63, 3.8) is 0 Å². The zero-order valence-corrected chi connectivity index (χ0v) is 10.3. The average Bonchev–Trinajstić information content (AvgIpc) is 2.29. The van der Waals surface area contributed by atoms with Crippen molar-refractivity contribution < 1.29 is 4.39 Å². The van der Waals surface area contributed by atoms with Gasteiger partial charge in [0.1, 0.15) is 5.82 Å². The summed E-state index contributed by atoms with van der Waals surface area (Å²) < 4.78 is 13.7. The van der Waals surface area contributed by atoms with Gasteiger partial charge in [0.2, 0.25) is 0 Å². The first-order valence-corrected chi connectivity index (χ1v) is 6.02. The van der Waals surface area contributed by atoms with Gasteiger partial charge in [-0.25, -0.2) is 4.39 Å². The maximum atomic E-state index is 13.7. The lowest BCUT2D eigenvalue weighted by Gasteiger charge is -2.38. The van der Waals surface area contributed by atoms with Crippen molar-refractivity contribution in [2.75, 3.05) is 7.05 Å². The van der Waals surface area contributed by atoms with Crippen LogP contribution >= 0.6 is 0 Å². The van der Waals surface area contributed by atoms with Crippen molar-refractivity contribution in [3.8, 4) is 0 Å². The van der Waals surface area contributed by atoms with E-state index >= 15 is 0 Å². The topological polar surface area (TPSA) is 12.0 Å². The summed E-state index contributed by atoms with van der Waals surface area (Å²) in [4.78, 5) is 0. The van der Waals surface area contributed by atoms with Crippen LogP contribution in [0.4, 0.5) is 4.39 Å². The highest BCUT2D eigenvalue weighted by molar-refractivity contribution is 5.36. The van der Waals surface area contributed by atoms with Crippen LogP contribution in [0, 0.1) is 5.82 Å². The van der Waals surface area contributed by atoms with Crippen molar-refractivity contribution in [2.24, 2.45) is 0 Å². The van der Waals surface area contributed by atoms with Crippen molar-refractivity contribution >= 4 is 0 Å². The zero-order chi connectivity index (χ0) is 11.8. The first kappa shape index (κ1) is 11.6. The Morgan fingerprint density at radius 1 is 1.38 bits per heavy atom. The van der Waals surface area contributed by atoms with Gasteiger partial charge in [-0.2, -0.15) is 0 Å². The second-order valence-corrected chi connectivity index (χ2v) is 5.22. The lowest BCUT2D eigenvalue weighted by molar-refractivity contribution is 0.310. The van der Waals surface area contributed by atoms with Crippen LogP contribution in [0.25, 0.3) is 0 Å². The van der Waals surface area contributed by atoms with Crippen molar-refractivity contribution in [1.82, 2.24) is 5.32 Å². The Labute approximate surface area is 97.1 Å². The van der Waals surface area contributed by atoms with Crippen LogP contribution in [0.3, 0.4) is 0 Å². The molecule has 0 saturated heterocycles. The molecule has 0 saturated carbocycles. The molecule has 1 aliphatic rings. The number of rotatable bonds is 2. The van der Waals surface area contributed by atoms with Crippen molar-refractivity contribution in [3.05, 3.63) is 35.1 Å². The Bertz CT molecular complexity index is 384. The normalized spacial score (nSPS) is 20.6. The summed E-state index contributed by atoms with van der Waals surface area (Å²) in [5.41, 5.74) is 2.16. The van der Waals surface area contributed by atoms with E-state index < -0.39 is 0 Å². The van der Waals surface area contributed by atoms with Gasteiger partial charge in [-0.05, 0) is 57.4 Å². The van der Waals surface area contributed by atoms with E-state index in [4.69, 9.17) is 0 Å². The predicted octanol–water partition coefficient (Wildman–Crippen LogP) is 3.24. The van der Waals surface area contributed by atoms with Gasteiger partial charge in [-0.15, -0.1) is 0 Å². The Morgan fingerprint density at radius 3 is 2.81 bits per heavy atom. The highest BCUT2D eigenvalue weighted by Crippen LogP contribution is 2.39. The molecular weight excluding hydrogens is 201 g/mol. The Morgan fingerprint density at radius 2 is 2.12 bits per heavy atom. The summed E-state index contributed by atoms with van der Waals surface area (Å²) in [6, 6.07) is 5.49. The molecule has 0 bridgehead atoms. The molecule has 16 heavy (non-hydrogen) atoms. The molecular formula is C14H20FN. The van der Waals surface area contributed by atoms with E-state index in [-0.39, 0.29) is 11.4 Å². The highest BCUT2D eigenvalue weighted by atomic mass is 19.1. The van der Waals surface area contributed by atoms with E-state index in [0.29, 0.717) is 5.92 Å². The summed E-state index contributed by atoms with van der Waals surface area (Å²) in [7, 11) is 1.98. The Hall–Kier alpha value is -0.890. The van der Waals surface area contributed by atoms with Gasteiger partial charge < -0.3 is 5.32 Å². The Kier molecular flexibility index (Phi) is 3.02. The van der Waals surface area contributed by atoms with Gasteiger partial charge in [0.05, 0.1) is 0 Å². The first-order chi connectivity index (χ1) is 7.56. The number of hydrogen-bond donors (Lipinski definition) is 1. The van der Waals surface area contributed by atoms with Gasteiger partial charge in [0, 0.05) is 11.5 Å². The second kappa shape index (κ2) is 4.17. The van der Waals surface area contributed by atoms with Crippen LogP contribution < -0.4 is 5.32 Å². The molecule has 0 spiro atoms. The maximum absolute atomic E-state index is 13.7. The molecule has 1 aliphatic carbocycles. The fourth-order valence-electron chi connectivity index (χ4n) is 2.73. The summed E-state index contributed by atoms with van der Waals surface area (Å²) in [6.07, 6.45) is 3.12. The second-order valence-electron chi connectivity index (χ2n) is 5.22. The molecule has 1 unspecified atom stereocenters. The van der Waals surface area contributed by atoms with E-state index in [1.54, 1.807) is 6.07 Å². The lowest BCUT2D eigenvalue weighted by Crippen LogP contribution is -2.43. The zero-order valence-electron chi connectivity index (χ0n) is 10.3. The smallest absolute Gasteiger partial charge is 0.126 e. The largest absolute Gasteiger partial charge is 0.314 e. The van der Waals surface area contributed by atoms with Gasteiger partial charge in [0.25, 0.3) is 0 Å². The summed E-state index contributed by atoms with van der Waals surface area (Å²) in [5.74, 6) is 0.381. The van der Waals surface area contributed by atoms with E-state index in [2.05, 4.69) is 25.2 Å². The third-order valence-corrected chi connectivity index (χ3v) is 3.97. The summed E-state index contributed by atoms with van der Waals surface area (Å²) >= 11 is 0. The van der Waals surface area contributed by atoms with Crippen LogP contribution in [0.2, 0.25) is 0 Å². The minimum Gasteiger partial charge on any atom is -0.314 e. The average molecular weight is 221 g/mol. The highest BCUT2D eigenvalue weighted by Gasteiger charge is 2.33. The van der Waals surface area contributed by atoms with Gasteiger partial charge in [0.15, 0.2) is 0 Å². The third-order valence-electron chi connectivity index (χ3n) is 3.97. The number of benzene rings is 1. The molecule has 1 N–H and O–H groups in total. The summed E-state index contributed by atoms with van der Waals surface area (Å²) in [5, 5.41) is 3.35. The molecule has 1 nitrogen and oxygen atoms in total. The fourth-order valence-corrected chi connectivity index (χ4v) is 2.73. The molecule has 0 radical (unpaired) electrons. The van der Waals surface area contributed by atoms with Gasteiger partial charge in [-0.1, -0.05) is 12.1 Å². The molecule has 0 aliphatic heterocycles. The van der Waals surface area contributed by atoms with E-state index in [9.17, 15) is 4.39 Å². The first-order valence-electron chi connectivity index (χ1n) is 6.02. The van der Waals surface area contributed by atoms with Crippen LogP contribution in [0.15, 0.2) is 18.2 Å². The minimum absolute atomic E-state index is 0.0307. The van der Waals surface area contributed by atoms with Crippen LogP contribution in [0.1, 0.15) is 43.7 Å². The molecule has 88 valence electrons. The molecule has 0 amide bonds. The van der Waals surface area contributed by atoms with Crippen molar-refractivity contribution in [1.29, 1.82) is 0 Å². The maximum Gasteiger partial charge on any atom is 0.126 e. The minimum atomic E-state index is -0.0332. The number of fused-ring (bicyclic) bond motifs is 1. The van der Waals surface area contributed by atoms with Crippen molar-refractivity contribution in [2.45, 2.75) is 44.6 Å². The molecule has 1 atom stereocenters. The van der Waals surface area contributed by atoms with Gasteiger partial charge >= 0.3 is 0 Å². The van der Waals surface area contributed by atoms with Gasteiger partial charge in [-0.3, -0.25) is 0 Å². The molecule has 1 aromatic rings. The molecule has 2 heteroatoms. The standard InChI is InChI=1S/C14H20FN/c1-14(2,16-3)12-8-4-7-11-10(12)6-5-9-13(11)15/h5-6,9,12,16H,4,7-8H2,1-3H3. The van der Waals surface area contributed by atoms with E-state index in [0.717, 1.165) is 24.8 Å². The molecule has 0 fully saturated rings. The Balaban J connectivity index is 2.45. The number of likely N-dealkylation sites (N-methyl/N-ethyl adjacent to an activating group) is 1. The van der Waals surface area contributed by atoms with E-state index in [1.165, 1.54) is 5.56 Å².